The number of hydrogen-bond acceptors (Lipinski definition) is 3. The number of rotatable bonds is 6. The lowest BCUT2D eigenvalue weighted by Gasteiger charge is -2.31. The van der Waals surface area contributed by atoms with Gasteiger partial charge in [-0.1, -0.05) is 25.0 Å². The minimum Gasteiger partial charge on any atom is -0.497 e. The highest BCUT2D eigenvalue weighted by molar-refractivity contribution is 5.89. The van der Waals surface area contributed by atoms with Crippen LogP contribution in [0.2, 0.25) is 0 Å². The molecule has 1 aromatic carbocycles. The van der Waals surface area contributed by atoms with E-state index in [1.54, 1.807) is 21.0 Å². The molecule has 0 saturated heterocycles. The summed E-state index contributed by atoms with van der Waals surface area (Å²) in [5.74, 6) is -0.827. The van der Waals surface area contributed by atoms with Gasteiger partial charge >= 0.3 is 5.97 Å². The van der Waals surface area contributed by atoms with Crippen molar-refractivity contribution in [3.63, 3.8) is 0 Å². The molecular formula is C18H25NO4. The lowest BCUT2D eigenvalue weighted by atomic mass is 9.77. The molecule has 1 aromatic rings. The van der Waals surface area contributed by atoms with Gasteiger partial charge in [-0.15, -0.1) is 0 Å². The van der Waals surface area contributed by atoms with Crippen molar-refractivity contribution in [1.29, 1.82) is 0 Å². The van der Waals surface area contributed by atoms with Crippen LogP contribution < -0.4 is 10.1 Å². The third-order valence-corrected chi connectivity index (χ3v) is 5.03. The Balaban J connectivity index is 2.22. The van der Waals surface area contributed by atoms with Gasteiger partial charge in [-0.2, -0.15) is 0 Å². The third kappa shape index (κ3) is 3.49. The molecule has 2 rings (SSSR count). The van der Waals surface area contributed by atoms with E-state index in [1.165, 1.54) is 0 Å². The predicted octanol–water partition coefficient (Wildman–Crippen LogP) is 2.73. The molecule has 23 heavy (non-hydrogen) atoms. The fourth-order valence-corrected chi connectivity index (χ4v) is 3.22. The fraction of sp³-hybridized carbons (Fsp3) is 0.556. The summed E-state index contributed by atoms with van der Waals surface area (Å²) >= 11 is 0. The molecule has 2 unspecified atom stereocenters. The van der Waals surface area contributed by atoms with Gasteiger partial charge in [-0.05, 0) is 44.4 Å². The van der Waals surface area contributed by atoms with Crippen molar-refractivity contribution in [1.82, 2.24) is 5.32 Å². The predicted molar refractivity (Wildman–Crippen MR) is 87.5 cm³/mol. The SMILES string of the molecule is COc1ccc(C2(C(=O)NC(C)C(C)C(=O)O)CCCC2)cc1. The van der Waals surface area contributed by atoms with Crippen LogP contribution in [0.5, 0.6) is 5.75 Å². The monoisotopic (exact) mass is 319 g/mol. The summed E-state index contributed by atoms with van der Waals surface area (Å²) in [6.07, 6.45) is 3.59. The molecule has 2 N–H and O–H groups in total. The van der Waals surface area contributed by atoms with Gasteiger partial charge in [-0.3, -0.25) is 9.59 Å². The second-order valence-corrected chi connectivity index (χ2v) is 6.41. The highest BCUT2D eigenvalue weighted by Crippen LogP contribution is 2.42. The van der Waals surface area contributed by atoms with Gasteiger partial charge in [-0.25, -0.2) is 0 Å². The molecule has 2 atom stereocenters. The Hall–Kier alpha value is -2.04. The molecule has 0 bridgehead atoms. The number of methoxy groups -OCH3 is 1. The Kier molecular flexibility index (Phi) is 5.29. The summed E-state index contributed by atoms with van der Waals surface area (Å²) in [6, 6.07) is 7.21. The van der Waals surface area contributed by atoms with Crippen molar-refractivity contribution in [3.05, 3.63) is 29.8 Å². The minimum absolute atomic E-state index is 0.0687. The van der Waals surface area contributed by atoms with E-state index in [0.717, 1.165) is 37.0 Å². The van der Waals surface area contributed by atoms with E-state index < -0.39 is 23.3 Å². The molecule has 5 nitrogen and oxygen atoms in total. The van der Waals surface area contributed by atoms with Crippen molar-refractivity contribution in [2.75, 3.05) is 7.11 Å². The van der Waals surface area contributed by atoms with Crippen molar-refractivity contribution in [2.45, 2.75) is 51.0 Å². The zero-order chi connectivity index (χ0) is 17.0. The number of benzene rings is 1. The molecule has 0 aliphatic heterocycles. The maximum atomic E-state index is 12.9. The zero-order valence-electron chi connectivity index (χ0n) is 14.0. The van der Waals surface area contributed by atoms with Crippen LogP contribution in [0.25, 0.3) is 0 Å². The van der Waals surface area contributed by atoms with Gasteiger partial charge < -0.3 is 15.2 Å². The van der Waals surface area contributed by atoms with E-state index in [9.17, 15) is 9.59 Å². The number of carboxylic acid groups (broad SMARTS) is 1. The highest BCUT2D eigenvalue weighted by Gasteiger charge is 2.43. The Labute approximate surface area is 137 Å². The minimum atomic E-state index is -0.900. The zero-order valence-corrected chi connectivity index (χ0v) is 14.0. The third-order valence-electron chi connectivity index (χ3n) is 5.03. The van der Waals surface area contributed by atoms with Gasteiger partial charge in [0.2, 0.25) is 5.91 Å². The molecular weight excluding hydrogens is 294 g/mol. The van der Waals surface area contributed by atoms with E-state index in [0.29, 0.717) is 0 Å². The Morgan fingerprint density at radius 3 is 2.22 bits per heavy atom. The van der Waals surface area contributed by atoms with E-state index in [4.69, 9.17) is 9.84 Å². The number of hydrogen-bond donors (Lipinski definition) is 2. The van der Waals surface area contributed by atoms with Crippen molar-refractivity contribution in [2.24, 2.45) is 5.92 Å². The van der Waals surface area contributed by atoms with E-state index in [1.807, 2.05) is 24.3 Å². The van der Waals surface area contributed by atoms with Gasteiger partial charge in [0.1, 0.15) is 5.75 Å². The fourth-order valence-electron chi connectivity index (χ4n) is 3.22. The summed E-state index contributed by atoms with van der Waals surface area (Å²) in [7, 11) is 1.61. The van der Waals surface area contributed by atoms with Crippen LogP contribution in [0.3, 0.4) is 0 Å². The van der Waals surface area contributed by atoms with Crippen molar-refractivity contribution in [3.8, 4) is 5.75 Å². The summed E-state index contributed by atoms with van der Waals surface area (Å²) in [6.45, 7) is 3.36. The molecule has 0 aromatic heterocycles. The van der Waals surface area contributed by atoms with Crippen LogP contribution in [-0.4, -0.2) is 30.1 Å². The normalized spacial score (nSPS) is 18.9. The number of carboxylic acids is 1. The lowest BCUT2D eigenvalue weighted by Crippen LogP contribution is -2.49. The summed E-state index contributed by atoms with van der Waals surface area (Å²) in [5, 5.41) is 12.0. The number of aliphatic carboxylic acids is 1. The van der Waals surface area contributed by atoms with Gasteiger partial charge in [0, 0.05) is 6.04 Å². The Morgan fingerprint density at radius 1 is 1.17 bits per heavy atom. The van der Waals surface area contributed by atoms with Crippen LogP contribution in [0.4, 0.5) is 0 Å². The molecule has 0 radical (unpaired) electrons. The molecule has 1 aliphatic carbocycles. The smallest absolute Gasteiger partial charge is 0.308 e. The van der Waals surface area contributed by atoms with Crippen LogP contribution in [0, 0.1) is 5.92 Å². The van der Waals surface area contributed by atoms with Crippen LogP contribution >= 0.6 is 0 Å². The maximum absolute atomic E-state index is 12.9. The van der Waals surface area contributed by atoms with Gasteiger partial charge in [0.15, 0.2) is 0 Å². The molecule has 0 heterocycles. The van der Waals surface area contributed by atoms with Crippen molar-refractivity contribution >= 4 is 11.9 Å². The average molecular weight is 319 g/mol. The van der Waals surface area contributed by atoms with Crippen LogP contribution in [-0.2, 0) is 15.0 Å². The first-order chi connectivity index (χ1) is 10.9. The first-order valence-corrected chi connectivity index (χ1v) is 8.09. The number of ether oxygens (including phenoxy) is 1. The van der Waals surface area contributed by atoms with Crippen LogP contribution in [0.1, 0.15) is 45.1 Å². The average Bonchev–Trinajstić information content (AvgIpc) is 3.05. The number of carbonyl (C=O) groups excluding carboxylic acids is 1. The number of nitrogens with one attached hydrogen (secondary N) is 1. The molecule has 1 amide bonds. The quantitative estimate of drug-likeness (QED) is 0.845. The molecule has 5 heteroatoms. The highest BCUT2D eigenvalue weighted by atomic mass is 16.5. The largest absolute Gasteiger partial charge is 0.497 e. The molecule has 0 spiro atoms. The van der Waals surface area contributed by atoms with E-state index >= 15 is 0 Å². The summed E-state index contributed by atoms with van der Waals surface area (Å²) in [5.41, 5.74) is 0.419. The van der Waals surface area contributed by atoms with Crippen molar-refractivity contribution < 1.29 is 19.4 Å². The summed E-state index contributed by atoms with van der Waals surface area (Å²) in [4.78, 5) is 24.0. The molecule has 1 saturated carbocycles. The molecule has 1 fully saturated rings. The Morgan fingerprint density at radius 2 is 1.74 bits per heavy atom. The number of carbonyl (C=O) groups is 2. The summed E-state index contributed by atoms with van der Waals surface area (Å²) < 4.78 is 5.18. The van der Waals surface area contributed by atoms with E-state index in [2.05, 4.69) is 5.32 Å². The second kappa shape index (κ2) is 7.02. The standard InChI is InChI=1S/C18H25NO4/c1-12(16(20)21)13(2)19-17(22)18(10-4-5-11-18)14-6-8-15(23-3)9-7-14/h6-9,12-13H,4-5,10-11H2,1-3H3,(H,19,22)(H,20,21). The van der Waals surface area contributed by atoms with Gasteiger partial charge in [0.25, 0.3) is 0 Å². The Bertz CT molecular complexity index is 561. The first kappa shape index (κ1) is 17.3. The second-order valence-electron chi connectivity index (χ2n) is 6.41. The van der Waals surface area contributed by atoms with Gasteiger partial charge in [0.05, 0.1) is 18.4 Å². The number of amides is 1. The van der Waals surface area contributed by atoms with Crippen LogP contribution in [0.15, 0.2) is 24.3 Å². The molecule has 126 valence electrons. The lowest BCUT2D eigenvalue weighted by molar-refractivity contribution is -0.142. The maximum Gasteiger partial charge on any atom is 0.308 e. The topological polar surface area (TPSA) is 75.6 Å². The van der Waals surface area contributed by atoms with E-state index in [-0.39, 0.29) is 5.91 Å². The molecule has 1 aliphatic rings. The first-order valence-electron chi connectivity index (χ1n) is 8.09.